The lowest BCUT2D eigenvalue weighted by Crippen LogP contribution is -2.02. The number of hydrogen-bond donors (Lipinski definition) is 1. The topological polar surface area (TPSA) is 37.3 Å². The summed E-state index contributed by atoms with van der Waals surface area (Å²) in [6.07, 6.45) is 9.01. The van der Waals surface area contributed by atoms with Crippen molar-refractivity contribution in [2.45, 2.75) is 27.2 Å². The summed E-state index contributed by atoms with van der Waals surface area (Å²) in [6, 6.07) is 0. The van der Waals surface area contributed by atoms with E-state index in [4.69, 9.17) is 5.11 Å². The number of allylic oxidation sites excluding steroid dienone is 4. The number of hydrogen-bond acceptors (Lipinski definition) is 1. The second-order valence-electron chi connectivity index (χ2n) is 4.38. The van der Waals surface area contributed by atoms with Crippen LogP contribution in [0, 0.1) is 17.3 Å². The first-order chi connectivity index (χ1) is 6.51. The van der Waals surface area contributed by atoms with Crippen molar-refractivity contribution in [2.24, 2.45) is 17.3 Å². The molecular weight excluding hydrogens is 176 g/mol. The number of aliphatic carboxylic acids is 1. The van der Waals surface area contributed by atoms with Gasteiger partial charge in [0.2, 0.25) is 0 Å². The summed E-state index contributed by atoms with van der Waals surface area (Å²) in [7, 11) is 0. The number of carboxylic acid groups (broad SMARTS) is 1. The van der Waals surface area contributed by atoms with Crippen LogP contribution in [0.1, 0.15) is 27.2 Å². The van der Waals surface area contributed by atoms with Gasteiger partial charge in [-0.05, 0) is 17.8 Å². The molecular formula is C12H18O2. The summed E-state index contributed by atoms with van der Waals surface area (Å²) >= 11 is 0. The van der Waals surface area contributed by atoms with Crippen LogP contribution >= 0.6 is 0 Å². The highest BCUT2D eigenvalue weighted by Crippen LogP contribution is 2.58. The fraction of sp³-hybridized carbons (Fsp3) is 0.583. The summed E-state index contributed by atoms with van der Waals surface area (Å²) in [6.45, 7) is 6.08. The zero-order valence-corrected chi connectivity index (χ0v) is 9.03. The van der Waals surface area contributed by atoms with Crippen molar-refractivity contribution in [2.75, 3.05) is 0 Å². The Morgan fingerprint density at radius 1 is 1.43 bits per heavy atom. The molecule has 2 atom stereocenters. The average Bonchev–Trinajstić information content (AvgIpc) is 2.62. The maximum Gasteiger partial charge on any atom is 0.307 e. The molecule has 1 rings (SSSR count). The molecule has 1 fully saturated rings. The molecule has 1 N–H and O–H groups in total. The van der Waals surface area contributed by atoms with Crippen LogP contribution < -0.4 is 0 Å². The largest absolute Gasteiger partial charge is 0.481 e. The summed E-state index contributed by atoms with van der Waals surface area (Å²) in [4.78, 5) is 10.8. The first kappa shape index (κ1) is 11.0. The highest BCUT2D eigenvalue weighted by Gasteiger charge is 2.60. The van der Waals surface area contributed by atoms with Crippen molar-refractivity contribution in [3.8, 4) is 0 Å². The Balaban J connectivity index is 2.53. The lowest BCUT2D eigenvalue weighted by atomic mass is 10.1. The number of rotatable bonds is 4. The minimum atomic E-state index is -0.677. The van der Waals surface area contributed by atoms with Gasteiger partial charge in [-0.3, -0.25) is 4.79 Å². The van der Waals surface area contributed by atoms with Gasteiger partial charge >= 0.3 is 5.97 Å². The monoisotopic (exact) mass is 194 g/mol. The van der Waals surface area contributed by atoms with Crippen LogP contribution in [0.4, 0.5) is 0 Å². The van der Waals surface area contributed by atoms with E-state index in [1.807, 2.05) is 32.1 Å². The summed E-state index contributed by atoms with van der Waals surface area (Å²) in [5, 5.41) is 8.91. The minimum Gasteiger partial charge on any atom is -0.481 e. The zero-order chi connectivity index (χ0) is 10.8. The van der Waals surface area contributed by atoms with Gasteiger partial charge in [0.25, 0.3) is 0 Å². The number of carboxylic acids is 1. The fourth-order valence-corrected chi connectivity index (χ4v) is 1.91. The van der Waals surface area contributed by atoms with Crippen molar-refractivity contribution >= 4 is 5.97 Å². The minimum absolute atomic E-state index is 0.0671. The lowest BCUT2D eigenvalue weighted by molar-refractivity contribution is -0.139. The Labute approximate surface area is 85.3 Å². The Kier molecular flexibility index (Phi) is 3.14. The van der Waals surface area contributed by atoms with E-state index in [9.17, 15) is 4.79 Å². The molecule has 0 saturated heterocycles. The normalized spacial score (nSPS) is 29.9. The third-order valence-corrected chi connectivity index (χ3v) is 2.98. The van der Waals surface area contributed by atoms with E-state index in [2.05, 4.69) is 13.0 Å². The van der Waals surface area contributed by atoms with Crippen molar-refractivity contribution in [3.05, 3.63) is 24.3 Å². The van der Waals surface area contributed by atoms with Gasteiger partial charge < -0.3 is 5.11 Å². The van der Waals surface area contributed by atoms with E-state index in [0.717, 1.165) is 6.42 Å². The van der Waals surface area contributed by atoms with Crippen molar-refractivity contribution in [3.63, 3.8) is 0 Å². The Morgan fingerprint density at radius 2 is 2.07 bits per heavy atom. The second-order valence-corrected chi connectivity index (χ2v) is 4.38. The maximum absolute atomic E-state index is 10.8. The second kappa shape index (κ2) is 3.99. The van der Waals surface area contributed by atoms with E-state index in [0.29, 0.717) is 0 Å². The SMILES string of the molecule is CC/C=C/C=C\C1C(C(=O)O)C1(C)C. The Morgan fingerprint density at radius 3 is 2.50 bits per heavy atom. The van der Waals surface area contributed by atoms with E-state index in [1.54, 1.807) is 0 Å². The van der Waals surface area contributed by atoms with E-state index in [1.165, 1.54) is 0 Å². The predicted molar refractivity (Wildman–Crippen MR) is 57.0 cm³/mol. The van der Waals surface area contributed by atoms with Crippen LogP contribution in [0.5, 0.6) is 0 Å². The first-order valence-corrected chi connectivity index (χ1v) is 5.08. The van der Waals surface area contributed by atoms with Crippen LogP contribution in [0.3, 0.4) is 0 Å². The van der Waals surface area contributed by atoms with Crippen LogP contribution in [0.2, 0.25) is 0 Å². The molecule has 0 radical (unpaired) electrons. The highest BCUT2D eigenvalue weighted by molar-refractivity contribution is 5.76. The van der Waals surface area contributed by atoms with Gasteiger partial charge in [0.1, 0.15) is 0 Å². The molecule has 1 saturated carbocycles. The first-order valence-electron chi connectivity index (χ1n) is 5.08. The van der Waals surface area contributed by atoms with Gasteiger partial charge in [0, 0.05) is 0 Å². The van der Waals surface area contributed by atoms with Gasteiger partial charge in [0.15, 0.2) is 0 Å². The lowest BCUT2D eigenvalue weighted by Gasteiger charge is -1.95. The van der Waals surface area contributed by atoms with Crippen molar-refractivity contribution in [1.82, 2.24) is 0 Å². The predicted octanol–water partition coefficient (Wildman–Crippen LogP) is 2.87. The molecule has 0 aromatic heterocycles. The molecule has 1 aliphatic carbocycles. The third kappa shape index (κ3) is 2.06. The maximum atomic E-state index is 10.8. The quantitative estimate of drug-likeness (QED) is 0.699. The van der Waals surface area contributed by atoms with E-state index < -0.39 is 5.97 Å². The van der Waals surface area contributed by atoms with Gasteiger partial charge in [-0.2, -0.15) is 0 Å². The molecule has 1 aliphatic rings. The third-order valence-electron chi connectivity index (χ3n) is 2.98. The molecule has 78 valence electrons. The molecule has 0 aromatic rings. The summed E-state index contributed by atoms with van der Waals surface area (Å²) in [5.41, 5.74) is -0.0671. The molecule has 2 heteroatoms. The van der Waals surface area contributed by atoms with Crippen LogP contribution in [0.15, 0.2) is 24.3 Å². The standard InChI is InChI=1S/C12H18O2/c1-4-5-6-7-8-9-10(11(13)14)12(9,2)3/h5-10H,4H2,1-3H3,(H,13,14)/b6-5+,8-7-. The Hall–Kier alpha value is -1.05. The van der Waals surface area contributed by atoms with E-state index in [-0.39, 0.29) is 17.3 Å². The molecule has 0 aromatic carbocycles. The van der Waals surface area contributed by atoms with Gasteiger partial charge in [-0.25, -0.2) is 0 Å². The van der Waals surface area contributed by atoms with Crippen molar-refractivity contribution < 1.29 is 9.90 Å². The fourth-order valence-electron chi connectivity index (χ4n) is 1.91. The van der Waals surface area contributed by atoms with Crippen LogP contribution in [-0.2, 0) is 4.79 Å². The average molecular weight is 194 g/mol. The zero-order valence-electron chi connectivity index (χ0n) is 9.03. The molecule has 0 spiro atoms. The molecule has 2 nitrogen and oxygen atoms in total. The van der Waals surface area contributed by atoms with Crippen molar-refractivity contribution in [1.29, 1.82) is 0 Å². The summed E-state index contributed by atoms with van der Waals surface area (Å²) < 4.78 is 0. The van der Waals surface area contributed by atoms with Crippen LogP contribution in [0.25, 0.3) is 0 Å². The highest BCUT2D eigenvalue weighted by atomic mass is 16.4. The molecule has 0 aliphatic heterocycles. The number of carbonyl (C=O) groups is 1. The Bertz CT molecular complexity index is 274. The van der Waals surface area contributed by atoms with Crippen LogP contribution in [-0.4, -0.2) is 11.1 Å². The van der Waals surface area contributed by atoms with E-state index >= 15 is 0 Å². The molecule has 0 amide bonds. The van der Waals surface area contributed by atoms with Gasteiger partial charge in [-0.1, -0.05) is 45.1 Å². The summed E-state index contributed by atoms with van der Waals surface area (Å²) in [5.74, 6) is -0.681. The van der Waals surface area contributed by atoms with Gasteiger partial charge in [-0.15, -0.1) is 0 Å². The smallest absolute Gasteiger partial charge is 0.307 e. The molecule has 2 unspecified atom stereocenters. The molecule has 14 heavy (non-hydrogen) atoms. The molecule has 0 heterocycles. The van der Waals surface area contributed by atoms with Gasteiger partial charge in [0.05, 0.1) is 5.92 Å². The molecule has 0 bridgehead atoms.